The average molecular weight is 144 g/mol. The molecule has 2 heteroatoms. The molecule has 0 aliphatic carbocycles. The fourth-order valence-corrected chi connectivity index (χ4v) is 0.804. The van der Waals surface area contributed by atoms with Gasteiger partial charge in [0, 0.05) is 19.4 Å². The number of ketones is 1. The number of carbonyl (C=O) groups is 1. The van der Waals surface area contributed by atoms with Crippen molar-refractivity contribution in [2.75, 3.05) is 6.61 Å². The van der Waals surface area contributed by atoms with Crippen LogP contribution in [-0.4, -0.2) is 17.5 Å². The summed E-state index contributed by atoms with van der Waals surface area (Å²) in [7, 11) is 0. The van der Waals surface area contributed by atoms with Gasteiger partial charge in [-0.3, -0.25) is 4.79 Å². The molecule has 1 N–H and O–H groups in total. The van der Waals surface area contributed by atoms with Crippen LogP contribution < -0.4 is 0 Å². The van der Waals surface area contributed by atoms with Crippen molar-refractivity contribution in [2.45, 2.75) is 33.1 Å². The topological polar surface area (TPSA) is 37.3 Å². The summed E-state index contributed by atoms with van der Waals surface area (Å²) < 4.78 is 0. The van der Waals surface area contributed by atoms with Crippen LogP contribution in [0.25, 0.3) is 0 Å². The van der Waals surface area contributed by atoms with Crippen molar-refractivity contribution < 1.29 is 9.90 Å². The Bertz CT molecular complexity index is 95.4. The zero-order valence-corrected chi connectivity index (χ0v) is 6.76. The van der Waals surface area contributed by atoms with E-state index in [4.69, 9.17) is 5.11 Å². The maximum Gasteiger partial charge on any atom is 0.132 e. The molecule has 0 fully saturated rings. The van der Waals surface area contributed by atoms with Gasteiger partial charge in [0.1, 0.15) is 5.78 Å². The molecule has 1 unspecified atom stereocenters. The van der Waals surface area contributed by atoms with E-state index in [1.807, 2.05) is 13.8 Å². The van der Waals surface area contributed by atoms with Crippen LogP contribution in [0.5, 0.6) is 0 Å². The predicted molar refractivity (Wildman–Crippen MR) is 40.8 cm³/mol. The molecule has 0 aromatic heterocycles. The summed E-state index contributed by atoms with van der Waals surface area (Å²) in [4.78, 5) is 10.8. The first-order valence-electron chi connectivity index (χ1n) is 3.87. The standard InChI is InChI=1S/C8H16O2/c1-3-7(6-9)5-8(10)4-2/h7,9H,3-6H2,1-2H3. The summed E-state index contributed by atoms with van der Waals surface area (Å²) in [6, 6.07) is 0. The molecule has 0 aromatic carbocycles. The van der Waals surface area contributed by atoms with Crippen LogP contribution >= 0.6 is 0 Å². The first-order chi connectivity index (χ1) is 4.74. The third kappa shape index (κ3) is 3.62. The minimum Gasteiger partial charge on any atom is -0.396 e. The first kappa shape index (κ1) is 9.63. The van der Waals surface area contributed by atoms with Crippen molar-refractivity contribution in [3.05, 3.63) is 0 Å². The summed E-state index contributed by atoms with van der Waals surface area (Å²) >= 11 is 0. The molecule has 0 amide bonds. The highest BCUT2D eigenvalue weighted by atomic mass is 16.3. The van der Waals surface area contributed by atoms with Gasteiger partial charge in [0.2, 0.25) is 0 Å². The van der Waals surface area contributed by atoms with Crippen LogP contribution in [0.4, 0.5) is 0 Å². The second-order valence-corrected chi connectivity index (χ2v) is 2.55. The second-order valence-electron chi connectivity index (χ2n) is 2.55. The van der Waals surface area contributed by atoms with Crippen LogP contribution in [0, 0.1) is 5.92 Å². The highest BCUT2D eigenvalue weighted by Crippen LogP contribution is 2.08. The molecular formula is C8H16O2. The minimum absolute atomic E-state index is 0.141. The van der Waals surface area contributed by atoms with Gasteiger partial charge in [-0.1, -0.05) is 20.3 Å². The number of Topliss-reactive ketones (excluding diaryl/α,β-unsaturated/α-hetero) is 1. The summed E-state index contributed by atoms with van der Waals surface area (Å²) in [5.74, 6) is 0.438. The number of hydrogen-bond acceptors (Lipinski definition) is 2. The summed E-state index contributed by atoms with van der Waals surface area (Å²) in [6.45, 7) is 3.98. The van der Waals surface area contributed by atoms with Gasteiger partial charge in [-0.05, 0) is 5.92 Å². The van der Waals surface area contributed by atoms with Crippen molar-refractivity contribution in [1.82, 2.24) is 0 Å². The Morgan fingerprint density at radius 1 is 1.50 bits per heavy atom. The molecule has 10 heavy (non-hydrogen) atoms. The monoisotopic (exact) mass is 144 g/mol. The molecule has 2 nitrogen and oxygen atoms in total. The van der Waals surface area contributed by atoms with Crippen molar-refractivity contribution in [3.8, 4) is 0 Å². The summed E-state index contributed by atoms with van der Waals surface area (Å²) in [5, 5.41) is 8.72. The average Bonchev–Trinajstić information content (AvgIpc) is 1.99. The van der Waals surface area contributed by atoms with Crippen molar-refractivity contribution in [3.63, 3.8) is 0 Å². The maximum atomic E-state index is 10.8. The Kier molecular flexibility index (Phi) is 5.22. The highest BCUT2D eigenvalue weighted by molar-refractivity contribution is 5.78. The maximum absolute atomic E-state index is 10.8. The van der Waals surface area contributed by atoms with E-state index in [1.54, 1.807) is 0 Å². The van der Waals surface area contributed by atoms with Gasteiger partial charge in [0.05, 0.1) is 0 Å². The van der Waals surface area contributed by atoms with Crippen molar-refractivity contribution in [2.24, 2.45) is 5.92 Å². The molecule has 0 aromatic rings. The second kappa shape index (κ2) is 5.42. The summed E-state index contributed by atoms with van der Waals surface area (Å²) in [5.41, 5.74) is 0. The van der Waals surface area contributed by atoms with Gasteiger partial charge >= 0.3 is 0 Å². The van der Waals surface area contributed by atoms with E-state index in [9.17, 15) is 4.79 Å². The molecule has 60 valence electrons. The molecule has 0 saturated carbocycles. The lowest BCUT2D eigenvalue weighted by molar-refractivity contribution is -0.120. The fraction of sp³-hybridized carbons (Fsp3) is 0.875. The lowest BCUT2D eigenvalue weighted by atomic mass is 10.00. The van der Waals surface area contributed by atoms with Gasteiger partial charge in [0.15, 0.2) is 0 Å². The van der Waals surface area contributed by atoms with E-state index in [2.05, 4.69) is 0 Å². The van der Waals surface area contributed by atoms with Crippen LogP contribution in [0.15, 0.2) is 0 Å². The normalized spacial score (nSPS) is 13.1. The molecule has 0 heterocycles. The third-order valence-electron chi connectivity index (χ3n) is 1.75. The van der Waals surface area contributed by atoms with Gasteiger partial charge in [-0.2, -0.15) is 0 Å². The molecule has 0 rings (SSSR count). The zero-order chi connectivity index (χ0) is 7.98. The van der Waals surface area contributed by atoms with Crippen LogP contribution in [-0.2, 0) is 4.79 Å². The molecule has 0 saturated heterocycles. The Hall–Kier alpha value is -0.370. The molecule has 0 spiro atoms. The van der Waals surface area contributed by atoms with Gasteiger partial charge in [-0.25, -0.2) is 0 Å². The number of carbonyl (C=O) groups excluding carboxylic acids is 1. The number of aliphatic hydroxyl groups excluding tert-OH is 1. The van der Waals surface area contributed by atoms with Crippen LogP contribution in [0.2, 0.25) is 0 Å². The smallest absolute Gasteiger partial charge is 0.132 e. The highest BCUT2D eigenvalue weighted by Gasteiger charge is 2.08. The predicted octanol–water partition coefficient (Wildman–Crippen LogP) is 1.37. The first-order valence-corrected chi connectivity index (χ1v) is 3.87. The van der Waals surface area contributed by atoms with Gasteiger partial charge < -0.3 is 5.11 Å². The Labute approximate surface area is 62.2 Å². The largest absolute Gasteiger partial charge is 0.396 e. The molecule has 0 aliphatic heterocycles. The summed E-state index contributed by atoms with van der Waals surface area (Å²) in [6.07, 6.45) is 2.03. The lowest BCUT2D eigenvalue weighted by Crippen LogP contribution is -2.10. The SMILES string of the molecule is CCC(=O)CC(CC)CO. The number of aliphatic hydroxyl groups is 1. The Balaban J connectivity index is 3.52. The molecule has 0 radical (unpaired) electrons. The van der Waals surface area contributed by atoms with E-state index in [0.717, 1.165) is 6.42 Å². The molecular weight excluding hydrogens is 128 g/mol. The van der Waals surface area contributed by atoms with Crippen LogP contribution in [0.3, 0.4) is 0 Å². The fourth-order valence-electron chi connectivity index (χ4n) is 0.804. The minimum atomic E-state index is 0.141. The third-order valence-corrected chi connectivity index (χ3v) is 1.75. The van der Waals surface area contributed by atoms with E-state index in [1.165, 1.54) is 0 Å². The van der Waals surface area contributed by atoms with E-state index < -0.39 is 0 Å². The molecule has 0 aliphatic rings. The van der Waals surface area contributed by atoms with Gasteiger partial charge in [0.25, 0.3) is 0 Å². The zero-order valence-electron chi connectivity index (χ0n) is 6.76. The van der Waals surface area contributed by atoms with Gasteiger partial charge in [-0.15, -0.1) is 0 Å². The van der Waals surface area contributed by atoms with E-state index in [0.29, 0.717) is 12.8 Å². The Morgan fingerprint density at radius 2 is 2.10 bits per heavy atom. The quantitative estimate of drug-likeness (QED) is 0.632. The number of rotatable bonds is 5. The molecule has 1 atom stereocenters. The van der Waals surface area contributed by atoms with Crippen LogP contribution in [0.1, 0.15) is 33.1 Å². The van der Waals surface area contributed by atoms with E-state index in [-0.39, 0.29) is 18.3 Å². The number of hydrogen-bond donors (Lipinski definition) is 1. The van der Waals surface area contributed by atoms with Crippen molar-refractivity contribution in [1.29, 1.82) is 0 Å². The lowest BCUT2D eigenvalue weighted by Gasteiger charge is -2.08. The van der Waals surface area contributed by atoms with Crippen molar-refractivity contribution >= 4 is 5.78 Å². The Morgan fingerprint density at radius 3 is 2.40 bits per heavy atom. The molecule has 0 bridgehead atoms. The van der Waals surface area contributed by atoms with E-state index >= 15 is 0 Å².